The van der Waals surface area contributed by atoms with Gasteiger partial charge in [0, 0.05) is 12.3 Å². The highest BCUT2D eigenvalue weighted by Crippen LogP contribution is 2.23. The molecular weight excluding hydrogens is 418 g/mol. The van der Waals surface area contributed by atoms with Crippen LogP contribution in [0, 0.1) is 0 Å². The van der Waals surface area contributed by atoms with E-state index in [1.165, 1.54) is 16.9 Å². The van der Waals surface area contributed by atoms with Crippen LogP contribution in [-0.2, 0) is 17.8 Å². The SMILES string of the molecule is CCc1ccc2c(c1)sc(=NC(=O)CN1C(=O)c3ccccc3C1=O)n2CCSC. The summed E-state index contributed by atoms with van der Waals surface area (Å²) in [6.45, 7) is 2.47. The number of fused-ring (bicyclic) bond motifs is 2. The van der Waals surface area contributed by atoms with Gasteiger partial charge < -0.3 is 4.57 Å². The van der Waals surface area contributed by atoms with Crippen LogP contribution >= 0.6 is 23.1 Å². The minimum atomic E-state index is -0.510. The summed E-state index contributed by atoms with van der Waals surface area (Å²) in [4.78, 5) is 43.6. The quantitative estimate of drug-likeness (QED) is 0.552. The molecule has 30 heavy (non-hydrogen) atoms. The molecule has 3 amide bonds. The predicted octanol–water partition coefficient (Wildman–Crippen LogP) is 3.35. The Morgan fingerprint density at radius 3 is 2.43 bits per heavy atom. The van der Waals surface area contributed by atoms with E-state index in [4.69, 9.17) is 0 Å². The number of thiazole rings is 1. The fourth-order valence-corrected chi connectivity index (χ4v) is 4.98. The van der Waals surface area contributed by atoms with Gasteiger partial charge >= 0.3 is 0 Å². The number of amides is 3. The molecule has 0 N–H and O–H groups in total. The van der Waals surface area contributed by atoms with Crippen molar-refractivity contribution < 1.29 is 14.4 Å². The standard InChI is InChI=1S/C22H21N3O3S2/c1-3-14-8-9-17-18(12-14)30-22(24(17)10-11-29-2)23-19(26)13-25-20(27)15-6-4-5-7-16(15)21(25)28/h4-9,12H,3,10-11,13H2,1-2H3. The smallest absolute Gasteiger partial charge is 0.268 e. The number of benzene rings is 2. The van der Waals surface area contributed by atoms with E-state index in [1.54, 1.807) is 36.0 Å². The number of rotatable bonds is 6. The van der Waals surface area contributed by atoms with Gasteiger partial charge in [-0.3, -0.25) is 19.3 Å². The average molecular weight is 440 g/mol. The fourth-order valence-electron chi connectivity index (χ4n) is 3.48. The Morgan fingerprint density at radius 2 is 1.80 bits per heavy atom. The molecule has 0 unspecified atom stereocenters. The number of carbonyl (C=O) groups is 3. The Labute approximate surface area is 182 Å². The van der Waals surface area contributed by atoms with Crippen molar-refractivity contribution in [2.24, 2.45) is 4.99 Å². The second kappa shape index (κ2) is 8.57. The van der Waals surface area contributed by atoms with Crippen molar-refractivity contribution >= 4 is 51.0 Å². The van der Waals surface area contributed by atoms with Gasteiger partial charge in [0.25, 0.3) is 17.7 Å². The van der Waals surface area contributed by atoms with Gasteiger partial charge in [-0.15, -0.1) is 0 Å². The number of imide groups is 1. The summed E-state index contributed by atoms with van der Waals surface area (Å²) in [5.74, 6) is -0.511. The largest absolute Gasteiger partial charge is 0.316 e. The molecule has 4 rings (SSSR count). The molecule has 0 radical (unpaired) electrons. The van der Waals surface area contributed by atoms with E-state index >= 15 is 0 Å². The van der Waals surface area contributed by atoms with E-state index in [9.17, 15) is 14.4 Å². The van der Waals surface area contributed by atoms with E-state index in [1.807, 2.05) is 10.8 Å². The normalized spacial score (nSPS) is 14.1. The van der Waals surface area contributed by atoms with Gasteiger partial charge in [-0.25, -0.2) is 0 Å². The summed E-state index contributed by atoms with van der Waals surface area (Å²) < 4.78 is 3.11. The Kier molecular flexibility index (Phi) is 5.87. The molecule has 154 valence electrons. The summed E-state index contributed by atoms with van der Waals surface area (Å²) in [5, 5.41) is 0. The van der Waals surface area contributed by atoms with Crippen LogP contribution in [0.5, 0.6) is 0 Å². The van der Waals surface area contributed by atoms with E-state index in [-0.39, 0.29) is 6.54 Å². The first-order chi connectivity index (χ1) is 14.5. The van der Waals surface area contributed by atoms with Crippen molar-refractivity contribution in [3.05, 3.63) is 64.0 Å². The van der Waals surface area contributed by atoms with Gasteiger partial charge in [0.05, 0.1) is 21.3 Å². The molecule has 0 spiro atoms. The van der Waals surface area contributed by atoms with Crippen LogP contribution in [0.1, 0.15) is 33.2 Å². The van der Waals surface area contributed by atoms with Crippen molar-refractivity contribution in [2.75, 3.05) is 18.6 Å². The van der Waals surface area contributed by atoms with E-state index in [0.717, 1.165) is 33.8 Å². The van der Waals surface area contributed by atoms with Gasteiger partial charge in [-0.05, 0) is 42.5 Å². The maximum atomic E-state index is 12.7. The lowest BCUT2D eigenvalue weighted by Gasteiger charge is -2.10. The van der Waals surface area contributed by atoms with Gasteiger partial charge in [-0.1, -0.05) is 36.5 Å². The Morgan fingerprint density at radius 1 is 1.10 bits per heavy atom. The molecule has 6 nitrogen and oxygen atoms in total. The molecular formula is C22H21N3O3S2. The summed E-state index contributed by atoms with van der Waals surface area (Å²) >= 11 is 3.18. The monoisotopic (exact) mass is 439 g/mol. The highest BCUT2D eigenvalue weighted by molar-refractivity contribution is 7.98. The van der Waals surface area contributed by atoms with Crippen molar-refractivity contribution in [3.63, 3.8) is 0 Å². The summed E-state index contributed by atoms with van der Waals surface area (Å²) in [6.07, 6.45) is 2.97. The average Bonchev–Trinajstić information content (AvgIpc) is 3.21. The van der Waals surface area contributed by atoms with E-state index in [2.05, 4.69) is 30.1 Å². The first-order valence-electron chi connectivity index (χ1n) is 9.67. The summed E-state index contributed by atoms with van der Waals surface area (Å²) in [6, 6.07) is 12.9. The molecule has 1 aliphatic rings. The third-order valence-electron chi connectivity index (χ3n) is 5.07. The molecule has 0 aliphatic carbocycles. The van der Waals surface area contributed by atoms with Crippen molar-refractivity contribution in [1.29, 1.82) is 0 Å². The zero-order valence-electron chi connectivity index (χ0n) is 16.8. The molecule has 3 aromatic rings. The molecule has 0 fully saturated rings. The second-order valence-corrected chi connectivity index (χ2v) is 8.93. The minimum Gasteiger partial charge on any atom is -0.316 e. The first kappa shape index (κ1) is 20.6. The number of hydrogen-bond acceptors (Lipinski definition) is 5. The Balaban J connectivity index is 1.66. The number of nitrogens with zero attached hydrogens (tertiary/aromatic N) is 3. The Bertz CT molecular complexity index is 1190. The minimum absolute atomic E-state index is 0.333. The Hall–Kier alpha value is -2.71. The molecule has 2 heterocycles. The topological polar surface area (TPSA) is 71.7 Å². The number of carbonyl (C=O) groups excluding carboxylic acids is 3. The van der Waals surface area contributed by atoms with Crippen molar-refractivity contribution in [1.82, 2.24) is 9.47 Å². The molecule has 2 aromatic carbocycles. The molecule has 0 bridgehead atoms. The van der Waals surface area contributed by atoms with Crippen LogP contribution in [0.15, 0.2) is 47.5 Å². The second-order valence-electron chi connectivity index (χ2n) is 6.93. The molecule has 0 atom stereocenters. The van der Waals surface area contributed by atoms with Gasteiger partial charge in [-0.2, -0.15) is 16.8 Å². The molecule has 1 aliphatic heterocycles. The van der Waals surface area contributed by atoms with Crippen LogP contribution in [0.25, 0.3) is 10.2 Å². The lowest BCUT2D eigenvalue weighted by Crippen LogP contribution is -2.35. The van der Waals surface area contributed by atoms with Crippen LogP contribution in [0.2, 0.25) is 0 Å². The molecule has 1 aromatic heterocycles. The lowest BCUT2D eigenvalue weighted by atomic mass is 10.1. The van der Waals surface area contributed by atoms with Crippen molar-refractivity contribution in [3.8, 4) is 0 Å². The fraction of sp³-hybridized carbons (Fsp3) is 0.273. The predicted molar refractivity (Wildman–Crippen MR) is 120 cm³/mol. The zero-order valence-corrected chi connectivity index (χ0v) is 18.4. The van der Waals surface area contributed by atoms with Crippen LogP contribution in [0.4, 0.5) is 0 Å². The van der Waals surface area contributed by atoms with Crippen LogP contribution in [-0.4, -0.2) is 45.7 Å². The first-order valence-corrected chi connectivity index (χ1v) is 11.9. The summed E-state index contributed by atoms with van der Waals surface area (Å²) in [5.41, 5.74) is 2.93. The molecule has 0 saturated heterocycles. The van der Waals surface area contributed by atoms with Crippen LogP contribution in [0.3, 0.4) is 0 Å². The number of hydrogen-bond donors (Lipinski definition) is 0. The molecule has 8 heteroatoms. The third-order valence-corrected chi connectivity index (χ3v) is 6.70. The van der Waals surface area contributed by atoms with Gasteiger partial charge in [0.2, 0.25) is 0 Å². The summed E-state index contributed by atoms with van der Waals surface area (Å²) in [7, 11) is 0. The van der Waals surface area contributed by atoms with Crippen LogP contribution < -0.4 is 4.80 Å². The number of aryl methyl sites for hydroxylation is 2. The molecule has 0 saturated carbocycles. The number of thioether (sulfide) groups is 1. The maximum Gasteiger partial charge on any atom is 0.268 e. The maximum absolute atomic E-state index is 12.7. The van der Waals surface area contributed by atoms with E-state index in [0.29, 0.717) is 15.9 Å². The van der Waals surface area contributed by atoms with Gasteiger partial charge in [0.15, 0.2) is 4.80 Å². The zero-order chi connectivity index (χ0) is 21.3. The van der Waals surface area contributed by atoms with Gasteiger partial charge in [0.1, 0.15) is 6.54 Å². The highest BCUT2D eigenvalue weighted by atomic mass is 32.2. The lowest BCUT2D eigenvalue weighted by molar-refractivity contribution is -0.118. The highest BCUT2D eigenvalue weighted by Gasteiger charge is 2.36. The van der Waals surface area contributed by atoms with Crippen molar-refractivity contribution in [2.45, 2.75) is 19.9 Å². The number of aromatic nitrogens is 1. The van der Waals surface area contributed by atoms with E-state index < -0.39 is 17.7 Å². The third kappa shape index (κ3) is 3.73.